The van der Waals surface area contributed by atoms with E-state index in [2.05, 4.69) is 33.0 Å². The predicted molar refractivity (Wildman–Crippen MR) is 102 cm³/mol. The number of hydrogen-bond acceptors (Lipinski definition) is 4. The first-order valence-electron chi connectivity index (χ1n) is 8.78. The summed E-state index contributed by atoms with van der Waals surface area (Å²) in [6, 6.07) is 6.23. The van der Waals surface area contributed by atoms with Crippen LogP contribution in [-0.2, 0) is 22.3 Å². The fourth-order valence-corrected chi connectivity index (χ4v) is 3.87. The molecule has 4 rings (SSSR count). The van der Waals surface area contributed by atoms with Crippen LogP contribution in [0.2, 0.25) is 0 Å². The molecule has 0 amide bonds. The van der Waals surface area contributed by atoms with Crippen molar-refractivity contribution in [2.45, 2.75) is 25.7 Å². The summed E-state index contributed by atoms with van der Waals surface area (Å²) in [4.78, 5) is 13.3. The fourth-order valence-electron chi connectivity index (χ4n) is 3.51. The highest BCUT2D eigenvalue weighted by Gasteiger charge is 2.19. The third kappa shape index (κ3) is 3.57. The van der Waals surface area contributed by atoms with Gasteiger partial charge in [-0.1, -0.05) is 15.9 Å². The molecule has 0 aliphatic carbocycles. The Kier molecular flexibility index (Phi) is 5.01. The topological polar surface area (TPSA) is 60.0 Å². The number of methoxy groups -OCH3 is 1. The van der Waals surface area contributed by atoms with Gasteiger partial charge in [0.15, 0.2) is 0 Å². The minimum absolute atomic E-state index is 0.622. The molecule has 1 aliphatic rings. The zero-order valence-corrected chi connectivity index (χ0v) is 15.9. The molecule has 5 nitrogen and oxygen atoms in total. The van der Waals surface area contributed by atoms with Crippen molar-refractivity contribution in [1.82, 2.24) is 15.0 Å². The number of H-pyrrole nitrogens is 1. The molecule has 1 N–H and O–H groups in total. The number of imidazole rings is 1. The summed E-state index contributed by atoms with van der Waals surface area (Å²) in [5, 5.41) is 1.11. The van der Waals surface area contributed by atoms with E-state index in [1.54, 1.807) is 7.11 Å². The first-order valence-corrected chi connectivity index (χ1v) is 9.57. The summed E-state index contributed by atoms with van der Waals surface area (Å²) in [7, 11) is 1.72. The largest absolute Gasteiger partial charge is 0.384 e. The Morgan fingerprint density at radius 3 is 2.92 bits per heavy atom. The summed E-state index contributed by atoms with van der Waals surface area (Å²) in [6.07, 6.45) is 3.93. The molecule has 2 aromatic heterocycles. The van der Waals surface area contributed by atoms with Gasteiger partial charge in [-0.05, 0) is 43.4 Å². The van der Waals surface area contributed by atoms with Gasteiger partial charge in [-0.3, -0.25) is 4.98 Å². The van der Waals surface area contributed by atoms with E-state index in [9.17, 15) is 0 Å². The van der Waals surface area contributed by atoms with Crippen LogP contribution >= 0.6 is 15.9 Å². The van der Waals surface area contributed by atoms with Gasteiger partial charge in [-0.2, -0.15) is 0 Å². The summed E-state index contributed by atoms with van der Waals surface area (Å²) >= 11 is 3.57. The molecular formula is C19H22BrN3O2. The van der Waals surface area contributed by atoms with Crippen molar-refractivity contribution in [2.75, 3.05) is 26.9 Å². The number of halogens is 1. The molecule has 0 atom stereocenters. The highest BCUT2D eigenvalue weighted by atomic mass is 79.9. The number of pyridine rings is 1. The Hall–Kier alpha value is -1.50. The maximum absolute atomic E-state index is 5.50. The van der Waals surface area contributed by atoms with E-state index in [1.165, 1.54) is 0 Å². The molecule has 0 unspecified atom stereocenters. The second kappa shape index (κ2) is 7.40. The van der Waals surface area contributed by atoms with Crippen LogP contribution in [0.25, 0.3) is 21.9 Å². The van der Waals surface area contributed by atoms with Crippen LogP contribution in [0.5, 0.6) is 0 Å². The molecule has 6 heteroatoms. The van der Waals surface area contributed by atoms with E-state index < -0.39 is 0 Å². The maximum atomic E-state index is 5.50. The molecular weight excluding hydrogens is 382 g/mol. The number of rotatable bonds is 5. The molecule has 0 saturated carbocycles. The zero-order chi connectivity index (χ0) is 17.2. The normalized spacial score (nSPS) is 16.1. The Morgan fingerprint density at radius 2 is 2.12 bits per heavy atom. The summed E-state index contributed by atoms with van der Waals surface area (Å²) in [5.74, 6) is 1.58. The van der Waals surface area contributed by atoms with Crippen molar-refractivity contribution < 1.29 is 9.47 Å². The molecule has 3 heterocycles. The average Bonchev–Trinajstić information content (AvgIpc) is 3.06. The number of ether oxygens (including phenoxy) is 2. The Morgan fingerprint density at radius 1 is 1.28 bits per heavy atom. The smallest absolute Gasteiger partial charge is 0.111 e. The lowest BCUT2D eigenvalue weighted by Crippen LogP contribution is -2.18. The third-order valence-electron chi connectivity index (χ3n) is 4.88. The fraction of sp³-hybridized carbons (Fsp3) is 0.474. The molecule has 132 valence electrons. The van der Waals surface area contributed by atoms with Gasteiger partial charge in [0.25, 0.3) is 0 Å². The van der Waals surface area contributed by atoms with Gasteiger partial charge in [0.05, 0.1) is 23.3 Å². The van der Waals surface area contributed by atoms with Gasteiger partial charge < -0.3 is 14.5 Å². The van der Waals surface area contributed by atoms with Crippen molar-refractivity contribution in [1.29, 1.82) is 0 Å². The second-order valence-electron chi connectivity index (χ2n) is 6.63. The van der Waals surface area contributed by atoms with Gasteiger partial charge in [-0.25, -0.2) is 4.98 Å². The van der Waals surface area contributed by atoms with E-state index in [1.807, 2.05) is 6.07 Å². The van der Waals surface area contributed by atoms with Crippen molar-refractivity contribution >= 4 is 37.9 Å². The van der Waals surface area contributed by atoms with Gasteiger partial charge in [-0.15, -0.1) is 0 Å². The van der Waals surface area contributed by atoms with Crippen LogP contribution < -0.4 is 0 Å². The van der Waals surface area contributed by atoms with Gasteiger partial charge in [0, 0.05) is 36.6 Å². The van der Waals surface area contributed by atoms with E-state index in [0.29, 0.717) is 12.5 Å². The molecule has 1 aromatic carbocycles. The first kappa shape index (κ1) is 16.9. The monoisotopic (exact) mass is 403 g/mol. The lowest BCUT2D eigenvalue weighted by molar-refractivity contribution is 0.0664. The van der Waals surface area contributed by atoms with E-state index >= 15 is 0 Å². The van der Waals surface area contributed by atoms with Crippen LogP contribution in [-0.4, -0.2) is 41.9 Å². The number of fused-ring (bicyclic) bond motifs is 3. The molecule has 3 aromatic rings. The van der Waals surface area contributed by atoms with Crippen molar-refractivity contribution in [3.05, 3.63) is 34.2 Å². The third-order valence-corrected chi connectivity index (χ3v) is 5.37. The molecule has 25 heavy (non-hydrogen) atoms. The van der Waals surface area contributed by atoms with Gasteiger partial charge in [0.2, 0.25) is 0 Å². The van der Waals surface area contributed by atoms with Crippen molar-refractivity contribution in [2.24, 2.45) is 5.92 Å². The highest BCUT2D eigenvalue weighted by Crippen LogP contribution is 2.30. The van der Waals surface area contributed by atoms with E-state index in [4.69, 9.17) is 19.4 Å². The van der Waals surface area contributed by atoms with Crippen LogP contribution in [0, 0.1) is 5.92 Å². The van der Waals surface area contributed by atoms with Crippen molar-refractivity contribution in [3.8, 4) is 0 Å². The second-order valence-corrected chi connectivity index (χ2v) is 7.55. The minimum Gasteiger partial charge on any atom is -0.384 e. The average molecular weight is 404 g/mol. The van der Waals surface area contributed by atoms with Crippen molar-refractivity contribution in [3.63, 3.8) is 0 Å². The summed E-state index contributed by atoms with van der Waals surface area (Å²) < 4.78 is 11.7. The Bertz CT molecular complexity index is 887. The Labute approximate surface area is 155 Å². The van der Waals surface area contributed by atoms with E-state index in [-0.39, 0.29) is 0 Å². The van der Waals surface area contributed by atoms with Crippen LogP contribution in [0.15, 0.2) is 22.7 Å². The number of benzene rings is 1. The minimum atomic E-state index is 0.622. The molecule has 0 spiro atoms. The van der Waals surface area contributed by atoms with E-state index in [0.717, 1.165) is 76.8 Å². The quantitative estimate of drug-likeness (QED) is 0.698. The molecule has 1 fully saturated rings. The summed E-state index contributed by atoms with van der Waals surface area (Å²) in [6.45, 7) is 2.37. The number of nitrogens with one attached hydrogen (secondary N) is 1. The van der Waals surface area contributed by atoms with Crippen LogP contribution in [0.1, 0.15) is 24.4 Å². The number of nitrogens with zero attached hydrogens (tertiary/aromatic N) is 2. The SMILES string of the molecule is COCCc1nc2c(CC3CCOCC3)nc3ccc(Br)cc3c2[nH]1. The number of hydrogen-bond donors (Lipinski definition) is 1. The predicted octanol–water partition coefficient (Wildman–Crippen LogP) is 4.03. The van der Waals surface area contributed by atoms with Gasteiger partial charge in [0.1, 0.15) is 11.3 Å². The standard InChI is InChI=1S/C19H22BrN3O2/c1-24-7-6-17-22-18-14-11-13(20)2-3-15(14)21-16(19(18)23-17)10-12-4-8-25-9-5-12/h2-3,11-12H,4-10H2,1H3,(H,22,23). The molecule has 0 bridgehead atoms. The number of aromatic nitrogens is 3. The Balaban J connectivity index is 1.81. The first-order chi connectivity index (χ1) is 12.2. The zero-order valence-electron chi connectivity index (χ0n) is 14.3. The molecule has 1 saturated heterocycles. The molecule has 0 radical (unpaired) electrons. The maximum Gasteiger partial charge on any atom is 0.111 e. The lowest BCUT2D eigenvalue weighted by Gasteiger charge is -2.21. The molecule has 1 aliphatic heterocycles. The summed E-state index contributed by atoms with van der Waals surface area (Å²) in [5.41, 5.74) is 4.19. The number of aromatic amines is 1. The lowest BCUT2D eigenvalue weighted by atomic mass is 9.94. The van der Waals surface area contributed by atoms with Gasteiger partial charge >= 0.3 is 0 Å². The highest BCUT2D eigenvalue weighted by molar-refractivity contribution is 9.10. The van der Waals surface area contributed by atoms with Crippen LogP contribution in [0.3, 0.4) is 0 Å². The van der Waals surface area contributed by atoms with Crippen LogP contribution in [0.4, 0.5) is 0 Å².